The zero-order valence-electron chi connectivity index (χ0n) is 21.8. The molecule has 0 radical (unpaired) electrons. The van der Waals surface area contributed by atoms with Crippen molar-refractivity contribution in [3.63, 3.8) is 0 Å². The first kappa shape index (κ1) is 26.6. The summed E-state index contributed by atoms with van der Waals surface area (Å²) in [5, 5.41) is 3.16. The molecule has 2 aromatic rings. The van der Waals surface area contributed by atoms with Gasteiger partial charge < -0.3 is 19.7 Å². The van der Waals surface area contributed by atoms with E-state index in [1.807, 2.05) is 48.5 Å². The second-order valence-corrected chi connectivity index (χ2v) is 10.5. The van der Waals surface area contributed by atoms with Crippen LogP contribution in [0.4, 0.5) is 0 Å². The van der Waals surface area contributed by atoms with E-state index in [1.165, 1.54) is 12.0 Å². The van der Waals surface area contributed by atoms with Gasteiger partial charge in [0.1, 0.15) is 17.5 Å². The van der Waals surface area contributed by atoms with Crippen molar-refractivity contribution in [3.8, 4) is 11.5 Å². The summed E-state index contributed by atoms with van der Waals surface area (Å²) in [7, 11) is 1.61. The van der Waals surface area contributed by atoms with Gasteiger partial charge in [-0.25, -0.2) is 0 Å². The highest BCUT2D eigenvalue weighted by atomic mass is 16.5. The van der Waals surface area contributed by atoms with Gasteiger partial charge in [0.2, 0.25) is 5.91 Å². The number of carbonyl (C=O) groups excluding carboxylic acids is 2. The smallest absolute Gasteiger partial charge is 0.261 e. The Morgan fingerprint density at radius 2 is 1.71 bits per heavy atom. The number of nitrogens with one attached hydrogen (secondary N) is 1. The van der Waals surface area contributed by atoms with Gasteiger partial charge >= 0.3 is 0 Å². The van der Waals surface area contributed by atoms with Crippen molar-refractivity contribution in [1.29, 1.82) is 0 Å². The van der Waals surface area contributed by atoms with Crippen LogP contribution in [-0.4, -0.2) is 42.5 Å². The van der Waals surface area contributed by atoms with E-state index in [-0.39, 0.29) is 29.9 Å². The minimum absolute atomic E-state index is 0.0447. The first-order valence-electron chi connectivity index (χ1n) is 12.6. The van der Waals surface area contributed by atoms with E-state index >= 15 is 0 Å². The van der Waals surface area contributed by atoms with Gasteiger partial charge in [0, 0.05) is 12.6 Å². The van der Waals surface area contributed by atoms with Crippen molar-refractivity contribution >= 4 is 11.8 Å². The molecule has 1 saturated carbocycles. The van der Waals surface area contributed by atoms with Crippen LogP contribution < -0.4 is 14.8 Å². The zero-order chi connectivity index (χ0) is 25.4. The van der Waals surface area contributed by atoms with Gasteiger partial charge in [0.25, 0.3) is 5.91 Å². The summed E-state index contributed by atoms with van der Waals surface area (Å²) in [6.07, 6.45) is 5.48. The third-order valence-electron chi connectivity index (χ3n) is 6.69. The molecule has 1 N–H and O–H groups in total. The molecular formula is C29H40N2O4. The summed E-state index contributed by atoms with van der Waals surface area (Å²) in [6.45, 7) is 8.41. The number of benzene rings is 2. The molecule has 0 heterocycles. The van der Waals surface area contributed by atoms with Crippen LogP contribution in [0.1, 0.15) is 70.9 Å². The van der Waals surface area contributed by atoms with Crippen molar-refractivity contribution < 1.29 is 19.1 Å². The summed E-state index contributed by atoms with van der Waals surface area (Å²) in [5.74, 6) is 0.984. The van der Waals surface area contributed by atoms with Crippen LogP contribution >= 0.6 is 0 Å². The highest BCUT2D eigenvalue weighted by Crippen LogP contribution is 2.24. The Balaban J connectivity index is 1.71. The van der Waals surface area contributed by atoms with Gasteiger partial charge in [0.15, 0.2) is 6.61 Å². The normalized spacial score (nSPS) is 15.2. The van der Waals surface area contributed by atoms with Crippen molar-refractivity contribution in [2.45, 2.75) is 83.8 Å². The van der Waals surface area contributed by atoms with Gasteiger partial charge in [0.05, 0.1) is 7.11 Å². The molecule has 1 atom stereocenters. The van der Waals surface area contributed by atoms with Gasteiger partial charge in [-0.2, -0.15) is 0 Å². The summed E-state index contributed by atoms with van der Waals surface area (Å²) >= 11 is 0. The van der Waals surface area contributed by atoms with Gasteiger partial charge in [-0.05, 0) is 60.6 Å². The van der Waals surface area contributed by atoms with E-state index in [4.69, 9.17) is 9.47 Å². The molecule has 35 heavy (non-hydrogen) atoms. The number of hydrogen-bond acceptors (Lipinski definition) is 4. The second kappa shape index (κ2) is 12.1. The number of carbonyl (C=O) groups is 2. The quantitative estimate of drug-likeness (QED) is 0.533. The van der Waals surface area contributed by atoms with Crippen molar-refractivity contribution in [2.75, 3.05) is 13.7 Å². The molecule has 6 heteroatoms. The fraction of sp³-hybridized carbons (Fsp3) is 0.517. The average Bonchev–Trinajstić information content (AvgIpc) is 2.86. The Kier molecular flexibility index (Phi) is 9.19. The Labute approximate surface area is 210 Å². The predicted molar refractivity (Wildman–Crippen MR) is 139 cm³/mol. The number of hydrogen-bond donors (Lipinski definition) is 1. The standard InChI is InChI=1S/C29H40N2O4/c1-21(28(33)30-24-11-7-6-8-12-24)31(19-22-10-9-13-26(18-22)34-5)27(32)20-35-25-16-14-23(15-17-25)29(2,3)4/h9-10,13-18,21,24H,6-8,11-12,19-20H2,1-5H3,(H,30,33). The molecule has 3 rings (SSSR count). The van der Waals surface area contributed by atoms with Crippen molar-refractivity contribution in [3.05, 3.63) is 59.7 Å². The molecule has 0 aliphatic heterocycles. The van der Waals surface area contributed by atoms with Crippen LogP contribution in [0.3, 0.4) is 0 Å². The zero-order valence-corrected chi connectivity index (χ0v) is 21.8. The van der Waals surface area contributed by atoms with Crippen LogP contribution in [0.15, 0.2) is 48.5 Å². The molecule has 2 aromatic carbocycles. The number of rotatable bonds is 9. The number of methoxy groups -OCH3 is 1. The van der Waals surface area contributed by atoms with Gasteiger partial charge in [-0.15, -0.1) is 0 Å². The highest BCUT2D eigenvalue weighted by Gasteiger charge is 2.28. The van der Waals surface area contributed by atoms with Crippen molar-refractivity contribution in [1.82, 2.24) is 10.2 Å². The Hall–Kier alpha value is -3.02. The average molecular weight is 481 g/mol. The lowest BCUT2D eigenvalue weighted by molar-refractivity contribution is -0.142. The Morgan fingerprint density at radius 3 is 2.34 bits per heavy atom. The predicted octanol–water partition coefficient (Wildman–Crippen LogP) is 5.24. The maximum absolute atomic E-state index is 13.3. The van der Waals surface area contributed by atoms with Gasteiger partial charge in [-0.3, -0.25) is 9.59 Å². The molecule has 190 valence electrons. The first-order chi connectivity index (χ1) is 16.7. The molecule has 0 bridgehead atoms. The molecule has 0 aromatic heterocycles. The SMILES string of the molecule is COc1cccc(CN(C(=O)COc2ccc(C(C)(C)C)cc2)C(C)C(=O)NC2CCCCC2)c1. The lowest BCUT2D eigenvalue weighted by Crippen LogP contribution is -2.51. The molecule has 6 nitrogen and oxygen atoms in total. The van der Waals surface area contributed by atoms with Gasteiger partial charge in [-0.1, -0.05) is 64.3 Å². The number of ether oxygens (including phenoxy) is 2. The first-order valence-corrected chi connectivity index (χ1v) is 12.6. The minimum atomic E-state index is -0.623. The molecule has 0 saturated heterocycles. The second-order valence-electron chi connectivity index (χ2n) is 10.5. The third-order valence-corrected chi connectivity index (χ3v) is 6.69. The maximum Gasteiger partial charge on any atom is 0.261 e. The highest BCUT2D eigenvalue weighted by molar-refractivity contribution is 5.88. The fourth-order valence-electron chi connectivity index (χ4n) is 4.40. The molecule has 0 spiro atoms. The molecule has 1 aliphatic rings. The molecule has 1 aliphatic carbocycles. The lowest BCUT2D eigenvalue weighted by atomic mass is 9.87. The van der Waals surface area contributed by atoms with E-state index in [2.05, 4.69) is 26.1 Å². The van der Waals surface area contributed by atoms with E-state index < -0.39 is 6.04 Å². The van der Waals surface area contributed by atoms with E-state index in [0.717, 1.165) is 31.2 Å². The van der Waals surface area contributed by atoms with Crippen LogP contribution in [0.5, 0.6) is 11.5 Å². The minimum Gasteiger partial charge on any atom is -0.497 e. The van der Waals surface area contributed by atoms with E-state index in [0.29, 0.717) is 18.0 Å². The Morgan fingerprint density at radius 1 is 1.03 bits per heavy atom. The third kappa shape index (κ3) is 7.74. The van der Waals surface area contributed by atoms with Crippen LogP contribution in [0.2, 0.25) is 0 Å². The van der Waals surface area contributed by atoms with Crippen molar-refractivity contribution in [2.24, 2.45) is 0 Å². The number of nitrogens with zero attached hydrogens (tertiary/aromatic N) is 1. The molecule has 1 unspecified atom stereocenters. The van der Waals surface area contributed by atoms with Crippen LogP contribution in [0.25, 0.3) is 0 Å². The summed E-state index contributed by atoms with van der Waals surface area (Å²) in [4.78, 5) is 28.0. The number of amides is 2. The summed E-state index contributed by atoms with van der Waals surface area (Å²) < 4.78 is 11.2. The van der Waals surface area contributed by atoms with Crippen LogP contribution in [-0.2, 0) is 21.5 Å². The van der Waals surface area contributed by atoms with Crippen LogP contribution in [0, 0.1) is 0 Å². The van der Waals surface area contributed by atoms with E-state index in [9.17, 15) is 9.59 Å². The summed E-state index contributed by atoms with van der Waals surface area (Å²) in [5.41, 5.74) is 2.14. The topological polar surface area (TPSA) is 67.9 Å². The maximum atomic E-state index is 13.3. The molecule has 1 fully saturated rings. The van der Waals surface area contributed by atoms with E-state index in [1.54, 1.807) is 18.9 Å². The summed E-state index contributed by atoms with van der Waals surface area (Å²) in [6, 6.07) is 14.9. The largest absolute Gasteiger partial charge is 0.497 e. The monoisotopic (exact) mass is 480 g/mol. The lowest BCUT2D eigenvalue weighted by Gasteiger charge is -2.31. The molecule has 2 amide bonds. The molecular weight excluding hydrogens is 440 g/mol. The fourth-order valence-corrected chi connectivity index (χ4v) is 4.40. The Bertz CT molecular complexity index is 975.